The van der Waals surface area contributed by atoms with E-state index in [1.165, 1.54) is 19.4 Å². The van der Waals surface area contributed by atoms with E-state index in [4.69, 9.17) is 0 Å². The number of nitrogens with zero attached hydrogens (tertiary/aromatic N) is 1. The minimum Gasteiger partial charge on any atom is -0.297 e. The monoisotopic (exact) mass is 1220 g/mol. The molecule has 484 valence electrons. The molecule has 87 heavy (non-hydrogen) atoms. The van der Waals surface area contributed by atoms with E-state index in [1.807, 2.05) is 0 Å². The van der Waals surface area contributed by atoms with Gasteiger partial charge in [0.15, 0.2) is 6.71 Å². The summed E-state index contributed by atoms with van der Waals surface area (Å²) in [7, 11) is 0. The lowest BCUT2D eigenvalue weighted by molar-refractivity contribution is -0.156. The van der Waals surface area contributed by atoms with Crippen molar-refractivity contribution in [2.45, 2.75) is 359 Å². The smallest absolute Gasteiger partial charge is 0.154 e. The molecule has 0 N–H and O–H groups in total. The summed E-state index contributed by atoms with van der Waals surface area (Å²) in [6, 6.07) is 1.81. The molecule has 19 fully saturated rings. The summed E-state index contributed by atoms with van der Waals surface area (Å²) in [5.41, 5.74) is 0. The molecular weight excluding hydrogens is 1090 g/mol. The molecule has 4 heteroatoms. The minimum atomic E-state index is 0.905. The van der Waals surface area contributed by atoms with Crippen molar-refractivity contribution in [1.82, 2.24) is 4.90 Å². The Balaban J connectivity index is 0.607. The largest absolute Gasteiger partial charge is 0.297 e. The first-order valence-corrected chi connectivity index (χ1v) is 44.1. The van der Waals surface area contributed by atoms with Crippen molar-refractivity contribution in [3.63, 3.8) is 0 Å². The van der Waals surface area contributed by atoms with Gasteiger partial charge >= 0.3 is 0 Å². The Morgan fingerprint density at radius 3 is 0.977 bits per heavy atom. The quantitative estimate of drug-likeness (QED) is 0.223. The molecule has 1 nitrogen and oxygen atoms in total. The topological polar surface area (TPSA) is 3.24 Å². The van der Waals surface area contributed by atoms with Crippen LogP contribution in [0.3, 0.4) is 0 Å². The van der Waals surface area contributed by atoms with Crippen molar-refractivity contribution >= 4 is 30.2 Å². The summed E-state index contributed by atoms with van der Waals surface area (Å²) >= 11 is 5.55. The Labute approximate surface area is 544 Å². The van der Waals surface area contributed by atoms with Gasteiger partial charge in [0.1, 0.15) is 0 Å². The fourth-order valence-electron chi connectivity index (χ4n) is 33.8. The summed E-state index contributed by atoms with van der Waals surface area (Å²) in [5, 5.41) is 3.97. The Morgan fingerprint density at radius 2 is 0.563 bits per heavy atom. The van der Waals surface area contributed by atoms with Crippen LogP contribution >= 0.6 is 23.5 Å². The van der Waals surface area contributed by atoms with Crippen LogP contribution in [0, 0.1) is 148 Å². The first-order chi connectivity index (χ1) is 43.1. The fraction of sp³-hybridized carbons (Fsp3) is 1.00. The molecule has 17 saturated carbocycles. The van der Waals surface area contributed by atoms with E-state index in [2.05, 4.69) is 28.4 Å². The zero-order valence-corrected chi connectivity index (χ0v) is 57.8. The molecule has 0 aromatic rings. The molecule has 0 radical (unpaired) electrons. The summed E-state index contributed by atoms with van der Waals surface area (Å²) in [4.78, 5) is 3.43. The van der Waals surface area contributed by atoms with Crippen LogP contribution in [-0.2, 0) is 0 Å². The van der Waals surface area contributed by atoms with Crippen LogP contribution in [0.1, 0.15) is 308 Å². The maximum atomic E-state index is 3.43. The molecule has 19 rings (SSSR count). The summed E-state index contributed by atoms with van der Waals surface area (Å²) in [5.74, 6) is 31.1. The van der Waals surface area contributed by atoms with Gasteiger partial charge in [-0.25, -0.2) is 0 Å². The molecule has 0 aromatic carbocycles. The zero-order chi connectivity index (χ0) is 56.8. The molecule has 0 bridgehead atoms. The van der Waals surface area contributed by atoms with Gasteiger partial charge in [-0.3, -0.25) is 4.90 Å². The highest BCUT2D eigenvalue weighted by Gasteiger charge is 2.66. The second kappa shape index (κ2) is 25.0. The van der Waals surface area contributed by atoms with Crippen LogP contribution < -0.4 is 0 Å². The predicted octanol–water partition coefficient (Wildman–Crippen LogP) is 23.0. The van der Waals surface area contributed by atoms with Crippen LogP contribution in [0.25, 0.3) is 0 Å². The van der Waals surface area contributed by atoms with Crippen LogP contribution in [0.15, 0.2) is 0 Å². The number of hydrogen-bond donors (Lipinski definition) is 0. The van der Waals surface area contributed by atoms with Gasteiger partial charge in [-0.1, -0.05) is 141 Å². The second-order valence-corrected chi connectivity index (χ2v) is 41.5. The van der Waals surface area contributed by atoms with E-state index < -0.39 is 0 Å². The Bertz CT molecular complexity index is 2130. The Morgan fingerprint density at radius 1 is 0.241 bits per heavy atom. The van der Waals surface area contributed by atoms with Crippen LogP contribution in [0.2, 0.25) is 17.5 Å². The molecule has 0 amide bonds. The molecule has 19 aliphatic rings. The van der Waals surface area contributed by atoms with Gasteiger partial charge in [-0.2, -0.15) is 23.5 Å². The molecule has 2 aliphatic heterocycles. The molecule has 2 heterocycles. The van der Waals surface area contributed by atoms with Crippen LogP contribution in [-0.4, -0.2) is 51.2 Å². The van der Waals surface area contributed by atoms with E-state index in [0.29, 0.717) is 0 Å². The van der Waals surface area contributed by atoms with Crippen molar-refractivity contribution in [2.24, 2.45) is 148 Å². The maximum Gasteiger partial charge on any atom is 0.154 e. The van der Waals surface area contributed by atoms with Crippen LogP contribution in [0.5, 0.6) is 0 Å². The van der Waals surface area contributed by atoms with E-state index in [9.17, 15) is 0 Å². The molecule has 0 aromatic heterocycles. The van der Waals surface area contributed by atoms with Gasteiger partial charge in [0.25, 0.3) is 0 Å². The van der Waals surface area contributed by atoms with Gasteiger partial charge in [0.2, 0.25) is 0 Å². The normalized spacial score (nSPS) is 55.6. The highest BCUT2D eigenvalue weighted by atomic mass is 32.2. The van der Waals surface area contributed by atoms with Crippen molar-refractivity contribution in [1.29, 1.82) is 0 Å². The lowest BCUT2D eigenvalue weighted by Crippen LogP contribution is -2.61. The summed E-state index contributed by atoms with van der Waals surface area (Å²) in [6.45, 7) is 2.60. The molecular formula is C83H132BNS2. The highest BCUT2D eigenvalue weighted by Crippen LogP contribution is 2.73. The average Bonchev–Trinajstić information content (AvgIpc) is 1.33. The molecule has 0 spiro atoms. The molecule has 28 atom stereocenters. The van der Waals surface area contributed by atoms with Gasteiger partial charge in [-0.05, 0) is 332 Å². The van der Waals surface area contributed by atoms with Crippen LogP contribution in [0.4, 0.5) is 0 Å². The standard InChI is InChI=1S/C83H132BNS2/c1-3-13-51(14-4-1)53-29-35-59(36-30-53)85(60-37-31-54(32-38-60)52-15-5-2-6-16-52)49-50-45-77-83-78(46-50)87-76-44-34-58(62-40-42-72-68-24-10-20-56-18-8-22-66(80(56)68)70-28-12-26-64(62)82(70)72)48-74(76)84(83)73-47-57(33-43-75(73)86-77)61-39-41-71-67-23-9-19-55-17-7-21-65(79(55)67)69-27-11-25-63(61)81(69)71/h50-83H,1-49H2/t50?,53?,54?,55-,56?,57?,58-,59?,60?,61?,62+,63+,64?,65?,66-,67?,68+,69?,70?,71+,72-,73+,74?,75?,76+,77?,78?,79?,80?,81?,82?,83?/m0/s1. The molecule has 17 aliphatic carbocycles. The van der Waals surface area contributed by atoms with Crippen molar-refractivity contribution < 1.29 is 0 Å². The third-order valence-corrected chi connectivity index (χ3v) is 39.8. The fourth-order valence-corrected chi connectivity index (χ4v) is 38.2. The Kier molecular flexibility index (Phi) is 16.9. The lowest BCUT2D eigenvalue weighted by Gasteiger charge is -2.66. The van der Waals surface area contributed by atoms with Gasteiger partial charge in [0.05, 0.1) is 0 Å². The maximum absolute atomic E-state index is 3.43. The molecule has 18 unspecified atom stereocenters. The Hall–Kier alpha value is 0.725. The second-order valence-electron chi connectivity index (χ2n) is 38.6. The highest BCUT2D eigenvalue weighted by molar-refractivity contribution is 8.02. The number of hydrogen-bond acceptors (Lipinski definition) is 3. The number of fused-ring (bicyclic) bond motifs is 8. The SMILES string of the molecule is C1CCC(C2CCC(N(CC3CC4SC5CCC(C6CC[C@@H]7C8CCC[C@@H]9CCCC(C%10CCC[C@H]6C%107)C89)C[C@H]5B5C4C(C3)S[C@@H]3CC[C@H]([C@H]4CC[C@@H]6C7C(CCCC74)[C@@H]4CCCC7CCC[C@H]6C74)CC53)C3CCC(C4CCCCC4)CC3)CC2)CC1. The van der Waals surface area contributed by atoms with E-state index in [0.717, 1.165) is 205 Å². The third-order valence-electron chi connectivity index (χ3n) is 36.2. The first-order valence-electron chi connectivity index (χ1n) is 42.2. The van der Waals surface area contributed by atoms with Crippen molar-refractivity contribution in [3.8, 4) is 0 Å². The summed E-state index contributed by atoms with van der Waals surface area (Å²) in [6.07, 6.45) is 77.4. The van der Waals surface area contributed by atoms with E-state index >= 15 is 0 Å². The van der Waals surface area contributed by atoms with Gasteiger partial charge in [0, 0.05) is 39.6 Å². The zero-order valence-electron chi connectivity index (χ0n) is 56.1. The van der Waals surface area contributed by atoms with Gasteiger partial charge in [-0.15, -0.1) is 0 Å². The van der Waals surface area contributed by atoms with E-state index in [1.54, 1.807) is 295 Å². The van der Waals surface area contributed by atoms with Gasteiger partial charge < -0.3 is 0 Å². The molecule has 2 saturated heterocycles. The number of thioether (sulfide) groups is 2. The minimum absolute atomic E-state index is 0.905. The predicted molar refractivity (Wildman–Crippen MR) is 370 cm³/mol. The third kappa shape index (κ3) is 10.4. The first kappa shape index (κ1) is 59.0. The summed E-state index contributed by atoms with van der Waals surface area (Å²) < 4.78 is 0. The van der Waals surface area contributed by atoms with E-state index in [-0.39, 0.29) is 0 Å². The number of rotatable bonds is 8. The average molecular weight is 1220 g/mol. The van der Waals surface area contributed by atoms with Crippen molar-refractivity contribution in [3.05, 3.63) is 0 Å². The lowest BCUT2D eigenvalue weighted by atomic mass is 9.22. The van der Waals surface area contributed by atoms with Crippen molar-refractivity contribution in [2.75, 3.05) is 6.54 Å².